The normalized spacial score (nSPS) is 15.6. The van der Waals surface area contributed by atoms with Crippen LogP contribution in [0.1, 0.15) is 40.8 Å². The molecule has 2 heterocycles. The minimum atomic E-state index is -0.165. The molecule has 2 aromatic carbocycles. The number of anilines is 1. The molecule has 8 heteroatoms. The van der Waals surface area contributed by atoms with E-state index in [1.165, 1.54) is 17.7 Å². The first-order valence-electron chi connectivity index (χ1n) is 10.4. The van der Waals surface area contributed by atoms with Crippen LogP contribution in [0.5, 0.6) is 5.75 Å². The molecule has 0 radical (unpaired) electrons. The van der Waals surface area contributed by atoms with Gasteiger partial charge in [0.1, 0.15) is 11.4 Å². The Morgan fingerprint density at radius 1 is 1.29 bits per heavy atom. The van der Waals surface area contributed by atoms with E-state index >= 15 is 0 Å². The number of nitrogens with one attached hydrogen (secondary N) is 2. The number of amides is 1. The first kappa shape index (κ1) is 19.3. The highest BCUT2D eigenvalue weighted by Crippen LogP contribution is 2.33. The van der Waals surface area contributed by atoms with E-state index in [1.54, 1.807) is 24.8 Å². The van der Waals surface area contributed by atoms with E-state index in [9.17, 15) is 4.79 Å². The SMILES string of the molecule is COc1ccc(NC(=O)c2cccc3c4c([nH]c23)CCC(C)C4)cc1-n1nnnc1C. The van der Waals surface area contributed by atoms with Gasteiger partial charge in [-0.1, -0.05) is 19.1 Å². The van der Waals surface area contributed by atoms with Crippen LogP contribution in [0.2, 0.25) is 0 Å². The van der Waals surface area contributed by atoms with Crippen molar-refractivity contribution in [3.63, 3.8) is 0 Å². The Bertz CT molecular complexity index is 1290. The second kappa shape index (κ2) is 7.54. The van der Waals surface area contributed by atoms with Crippen LogP contribution in [0.25, 0.3) is 16.6 Å². The maximum atomic E-state index is 13.2. The first-order chi connectivity index (χ1) is 15.0. The van der Waals surface area contributed by atoms with E-state index in [0.29, 0.717) is 34.4 Å². The van der Waals surface area contributed by atoms with Crippen LogP contribution in [0.4, 0.5) is 5.69 Å². The highest BCUT2D eigenvalue weighted by molar-refractivity contribution is 6.12. The fourth-order valence-electron chi connectivity index (χ4n) is 4.39. The lowest BCUT2D eigenvalue weighted by Gasteiger charge is -2.17. The van der Waals surface area contributed by atoms with Crippen LogP contribution in [0.3, 0.4) is 0 Å². The lowest BCUT2D eigenvalue weighted by atomic mass is 9.87. The lowest BCUT2D eigenvalue weighted by molar-refractivity contribution is 0.102. The molecule has 0 saturated carbocycles. The second-order valence-electron chi connectivity index (χ2n) is 8.14. The molecule has 0 saturated heterocycles. The van der Waals surface area contributed by atoms with E-state index in [-0.39, 0.29) is 5.91 Å². The van der Waals surface area contributed by atoms with Gasteiger partial charge in [-0.25, -0.2) is 0 Å². The summed E-state index contributed by atoms with van der Waals surface area (Å²) >= 11 is 0. The van der Waals surface area contributed by atoms with Gasteiger partial charge in [-0.3, -0.25) is 4.79 Å². The van der Waals surface area contributed by atoms with Gasteiger partial charge in [0, 0.05) is 16.8 Å². The van der Waals surface area contributed by atoms with Crippen LogP contribution < -0.4 is 10.1 Å². The summed E-state index contributed by atoms with van der Waals surface area (Å²) in [6.45, 7) is 4.09. The van der Waals surface area contributed by atoms with E-state index in [2.05, 4.69) is 38.8 Å². The number of aryl methyl sites for hydroxylation is 2. The van der Waals surface area contributed by atoms with Crippen LogP contribution in [-0.2, 0) is 12.8 Å². The largest absolute Gasteiger partial charge is 0.494 e. The molecular weight excluding hydrogens is 392 g/mol. The molecule has 0 fully saturated rings. The molecule has 5 rings (SSSR count). The molecule has 2 N–H and O–H groups in total. The second-order valence-corrected chi connectivity index (χ2v) is 8.14. The molecule has 1 aliphatic rings. The summed E-state index contributed by atoms with van der Waals surface area (Å²) in [5.41, 5.74) is 5.45. The molecule has 1 unspecified atom stereocenters. The number of fused-ring (bicyclic) bond motifs is 3. The third-order valence-electron chi connectivity index (χ3n) is 6.00. The Morgan fingerprint density at radius 2 is 2.16 bits per heavy atom. The van der Waals surface area contributed by atoms with E-state index in [4.69, 9.17) is 4.74 Å². The molecule has 0 spiro atoms. The fourth-order valence-corrected chi connectivity index (χ4v) is 4.39. The standard InChI is InChI=1S/C23H24N6O2/c1-13-7-9-19-18(11-13)16-5-4-6-17(22(16)25-19)23(30)24-15-8-10-21(31-3)20(12-15)29-14(2)26-27-28-29/h4-6,8,10,12-13,25H,7,9,11H2,1-3H3,(H,24,30). The summed E-state index contributed by atoms with van der Waals surface area (Å²) in [6.07, 6.45) is 3.25. The van der Waals surface area contributed by atoms with Crippen LogP contribution in [0, 0.1) is 12.8 Å². The third-order valence-corrected chi connectivity index (χ3v) is 6.00. The van der Waals surface area contributed by atoms with Crippen LogP contribution in [-0.4, -0.2) is 38.2 Å². The zero-order valence-electron chi connectivity index (χ0n) is 17.8. The molecule has 0 bridgehead atoms. The number of hydrogen-bond donors (Lipinski definition) is 2. The number of para-hydroxylation sites is 1. The number of tetrazole rings is 1. The van der Waals surface area contributed by atoms with Crippen LogP contribution >= 0.6 is 0 Å². The molecule has 158 valence electrons. The zero-order valence-corrected chi connectivity index (χ0v) is 17.8. The zero-order chi connectivity index (χ0) is 21.5. The van der Waals surface area contributed by atoms with Crippen molar-refractivity contribution >= 4 is 22.5 Å². The number of nitrogens with zero attached hydrogens (tertiary/aromatic N) is 4. The maximum Gasteiger partial charge on any atom is 0.257 e. The van der Waals surface area contributed by atoms with E-state index in [1.807, 2.05) is 24.3 Å². The number of aromatic nitrogens is 5. The Kier molecular flexibility index (Phi) is 4.69. The number of H-pyrrole nitrogens is 1. The van der Waals surface area contributed by atoms with Crippen molar-refractivity contribution in [2.75, 3.05) is 12.4 Å². The molecule has 4 aromatic rings. The Labute approximate surface area is 179 Å². The Morgan fingerprint density at radius 3 is 2.94 bits per heavy atom. The highest BCUT2D eigenvalue weighted by Gasteiger charge is 2.22. The first-order valence-corrected chi connectivity index (χ1v) is 10.4. The van der Waals surface area contributed by atoms with E-state index < -0.39 is 0 Å². The summed E-state index contributed by atoms with van der Waals surface area (Å²) in [5, 5.41) is 15.8. The van der Waals surface area contributed by atoms with Gasteiger partial charge in [0.15, 0.2) is 5.82 Å². The fraction of sp³-hybridized carbons (Fsp3) is 0.304. The minimum Gasteiger partial charge on any atom is -0.494 e. The quantitative estimate of drug-likeness (QED) is 0.527. The smallest absolute Gasteiger partial charge is 0.257 e. The lowest BCUT2D eigenvalue weighted by Crippen LogP contribution is -2.13. The van der Waals surface area contributed by atoms with Gasteiger partial charge in [0.25, 0.3) is 5.91 Å². The molecule has 2 aromatic heterocycles. The van der Waals surface area contributed by atoms with Gasteiger partial charge in [0.05, 0.1) is 18.2 Å². The summed E-state index contributed by atoms with van der Waals surface area (Å²) in [4.78, 5) is 16.7. The van der Waals surface area contributed by atoms with Crippen molar-refractivity contribution in [1.29, 1.82) is 0 Å². The van der Waals surface area contributed by atoms with Crippen LogP contribution in [0.15, 0.2) is 36.4 Å². The summed E-state index contributed by atoms with van der Waals surface area (Å²) in [6, 6.07) is 11.3. The maximum absolute atomic E-state index is 13.2. The summed E-state index contributed by atoms with van der Waals surface area (Å²) in [7, 11) is 1.59. The number of aromatic amines is 1. The van der Waals surface area contributed by atoms with Crippen molar-refractivity contribution in [1.82, 2.24) is 25.2 Å². The third kappa shape index (κ3) is 3.34. The van der Waals surface area contributed by atoms with Gasteiger partial charge < -0.3 is 15.0 Å². The van der Waals surface area contributed by atoms with Gasteiger partial charge in [-0.05, 0) is 72.4 Å². The number of hydrogen-bond acceptors (Lipinski definition) is 5. The summed E-state index contributed by atoms with van der Waals surface area (Å²) < 4.78 is 7.03. The summed E-state index contributed by atoms with van der Waals surface area (Å²) in [5.74, 6) is 1.73. The number of methoxy groups -OCH3 is 1. The number of carbonyl (C=O) groups excluding carboxylic acids is 1. The predicted octanol–water partition coefficient (Wildman–Crippen LogP) is 3.84. The van der Waals surface area contributed by atoms with Gasteiger partial charge in [0.2, 0.25) is 0 Å². The van der Waals surface area contributed by atoms with Crippen molar-refractivity contribution in [2.45, 2.75) is 33.1 Å². The van der Waals surface area contributed by atoms with Gasteiger partial charge in [-0.2, -0.15) is 4.68 Å². The average molecular weight is 416 g/mol. The molecule has 1 aliphatic carbocycles. The topological polar surface area (TPSA) is 97.7 Å². The number of rotatable bonds is 4. The Balaban J connectivity index is 1.50. The predicted molar refractivity (Wildman–Crippen MR) is 118 cm³/mol. The van der Waals surface area contributed by atoms with Gasteiger partial charge in [-0.15, -0.1) is 5.10 Å². The molecule has 1 atom stereocenters. The van der Waals surface area contributed by atoms with Crippen molar-refractivity contribution in [3.8, 4) is 11.4 Å². The van der Waals surface area contributed by atoms with Crippen molar-refractivity contribution in [3.05, 3.63) is 59.0 Å². The Hall–Kier alpha value is -3.68. The number of ether oxygens (including phenoxy) is 1. The molecule has 8 nitrogen and oxygen atoms in total. The van der Waals surface area contributed by atoms with Gasteiger partial charge >= 0.3 is 0 Å². The molecule has 1 amide bonds. The van der Waals surface area contributed by atoms with Crippen molar-refractivity contribution in [2.24, 2.45) is 5.92 Å². The molecule has 31 heavy (non-hydrogen) atoms. The van der Waals surface area contributed by atoms with E-state index in [0.717, 1.165) is 23.7 Å². The highest BCUT2D eigenvalue weighted by atomic mass is 16.5. The number of carbonyl (C=O) groups is 1. The average Bonchev–Trinajstić information content (AvgIpc) is 3.36. The van der Waals surface area contributed by atoms with Crippen molar-refractivity contribution < 1.29 is 9.53 Å². The molecular formula is C23H24N6O2. The number of benzene rings is 2. The monoisotopic (exact) mass is 416 g/mol. The minimum absolute atomic E-state index is 0.165. The molecule has 0 aliphatic heterocycles.